The molecule has 0 aromatic heterocycles. The average Bonchev–Trinajstić information content (AvgIpc) is 3.27. The molecule has 1 aliphatic heterocycles. The number of hydrogen-bond acceptors (Lipinski definition) is 3. The second-order valence-electron chi connectivity index (χ2n) is 10.2. The van der Waals surface area contributed by atoms with Gasteiger partial charge in [-0.3, -0.25) is 9.29 Å². The van der Waals surface area contributed by atoms with E-state index in [9.17, 15) is 17.6 Å². The van der Waals surface area contributed by atoms with E-state index in [4.69, 9.17) is 10.5 Å². The summed E-state index contributed by atoms with van der Waals surface area (Å²) in [7, 11) is 0. The predicted octanol–water partition coefficient (Wildman–Crippen LogP) is 7.53. The van der Waals surface area contributed by atoms with E-state index in [-0.39, 0.29) is 18.5 Å². The zero-order chi connectivity index (χ0) is 27.6. The smallest absolute Gasteiger partial charge is 0.416 e. The summed E-state index contributed by atoms with van der Waals surface area (Å²) in [5.74, 6) is 0.252. The Kier molecular flexibility index (Phi) is 7.93. The molecule has 1 saturated heterocycles. The molecule has 206 valence electrons. The number of hydrogen-bond donors (Lipinski definition) is 1. The molecular formula is C31H31F5N2O. The molecule has 0 bridgehead atoms. The van der Waals surface area contributed by atoms with Crippen LogP contribution < -0.4 is 10.5 Å². The van der Waals surface area contributed by atoms with E-state index >= 15 is 4.39 Å². The van der Waals surface area contributed by atoms with Gasteiger partial charge in [-0.25, -0.2) is 4.39 Å². The van der Waals surface area contributed by atoms with Crippen LogP contribution in [0.1, 0.15) is 53.5 Å². The predicted molar refractivity (Wildman–Crippen MR) is 144 cm³/mol. The van der Waals surface area contributed by atoms with Crippen LogP contribution in [0.4, 0.5) is 27.6 Å². The average molecular weight is 543 g/mol. The maximum atomic E-state index is 15.1. The minimum absolute atomic E-state index is 0.0214. The lowest BCUT2D eigenvalue weighted by Crippen LogP contribution is -2.26. The van der Waals surface area contributed by atoms with Crippen molar-refractivity contribution in [2.45, 2.75) is 44.4 Å². The maximum Gasteiger partial charge on any atom is 0.416 e. The molecule has 0 saturated carbocycles. The topological polar surface area (TPSA) is 38.5 Å². The van der Waals surface area contributed by atoms with Crippen molar-refractivity contribution in [3.63, 3.8) is 0 Å². The number of fused-ring (bicyclic) bond motifs is 1. The number of allylic oxidation sites excluding steroid dienone is 1. The number of rotatable bonds is 7. The Morgan fingerprint density at radius 1 is 0.923 bits per heavy atom. The lowest BCUT2D eigenvalue weighted by molar-refractivity contribution is -0.137. The zero-order valence-corrected chi connectivity index (χ0v) is 21.5. The molecular weight excluding hydrogens is 511 g/mol. The first-order chi connectivity index (χ1) is 18.7. The van der Waals surface area contributed by atoms with Gasteiger partial charge in [-0.15, -0.1) is 0 Å². The van der Waals surface area contributed by atoms with Gasteiger partial charge in [-0.2, -0.15) is 13.2 Å². The van der Waals surface area contributed by atoms with Gasteiger partial charge in [0.1, 0.15) is 17.7 Å². The van der Waals surface area contributed by atoms with Crippen molar-refractivity contribution in [1.82, 2.24) is 4.90 Å². The monoisotopic (exact) mass is 542 g/mol. The molecule has 3 nitrogen and oxygen atoms in total. The molecule has 39 heavy (non-hydrogen) atoms. The lowest BCUT2D eigenvalue weighted by Gasteiger charge is -2.19. The summed E-state index contributed by atoms with van der Waals surface area (Å²) in [6.07, 6.45) is -1.34. The van der Waals surface area contributed by atoms with E-state index in [0.717, 1.165) is 54.9 Å². The minimum Gasteiger partial charge on any atom is -0.489 e. The summed E-state index contributed by atoms with van der Waals surface area (Å²) in [6.45, 7) is 2.01. The van der Waals surface area contributed by atoms with E-state index in [0.29, 0.717) is 48.1 Å². The van der Waals surface area contributed by atoms with Crippen LogP contribution in [0.5, 0.6) is 5.75 Å². The Morgan fingerprint density at radius 2 is 1.64 bits per heavy atom. The number of benzene rings is 3. The number of halogens is 5. The van der Waals surface area contributed by atoms with Crippen molar-refractivity contribution >= 4 is 16.8 Å². The summed E-state index contributed by atoms with van der Waals surface area (Å²) >= 11 is 0. The summed E-state index contributed by atoms with van der Waals surface area (Å²) in [5, 5.41) is 0. The van der Waals surface area contributed by atoms with Gasteiger partial charge in [-0.1, -0.05) is 30.3 Å². The molecule has 1 fully saturated rings. The van der Waals surface area contributed by atoms with Crippen LogP contribution in [0, 0.1) is 5.82 Å². The molecule has 3 aromatic rings. The van der Waals surface area contributed by atoms with Crippen molar-refractivity contribution in [3.8, 4) is 5.75 Å². The minimum atomic E-state index is -4.42. The highest BCUT2D eigenvalue weighted by Gasteiger charge is 2.31. The SMILES string of the molecule is Nc1ccc2c(c1F)CCCC(c1ccc(C(F)(F)F)cc1)=C2c1ccc(O[C@H]2CCN(CCCF)C2)cc1. The summed E-state index contributed by atoms with van der Waals surface area (Å²) in [4.78, 5) is 2.20. The first-order valence-electron chi connectivity index (χ1n) is 13.3. The molecule has 0 unspecified atom stereocenters. The van der Waals surface area contributed by atoms with E-state index in [1.165, 1.54) is 18.2 Å². The van der Waals surface area contributed by atoms with Crippen LogP contribution >= 0.6 is 0 Å². The Hall–Kier alpha value is -3.39. The van der Waals surface area contributed by atoms with Crippen molar-refractivity contribution in [2.24, 2.45) is 0 Å². The highest BCUT2D eigenvalue weighted by atomic mass is 19.4. The van der Waals surface area contributed by atoms with Gasteiger partial charge in [0, 0.05) is 19.6 Å². The zero-order valence-electron chi connectivity index (χ0n) is 21.5. The van der Waals surface area contributed by atoms with Crippen LogP contribution in [0.3, 0.4) is 0 Å². The Morgan fingerprint density at radius 3 is 2.33 bits per heavy atom. The number of alkyl halides is 4. The first kappa shape index (κ1) is 27.2. The highest BCUT2D eigenvalue weighted by Crippen LogP contribution is 2.42. The van der Waals surface area contributed by atoms with Crippen molar-refractivity contribution in [1.29, 1.82) is 0 Å². The summed E-state index contributed by atoms with van der Waals surface area (Å²) in [6, 6.07) is 16.1. The molecule has 2 aliphatic rings. The van der Waals surface area contributed by atoms with E-state index in [1.54, 1.807) is 6.07 Å². The molecule has 1 aliphatic carbocycles. The third-order valence-corrected chi connectivity index (χ3v) is 7.54. The highest BCUT2D eigenvalue weighted by molar-refractivity contribution is 6.00. The van der Waals surface area contributed by atoms with E-state index in [1.807, 2.05) is 24.3 Å². The maximum absolute atomic E-state index is 15.1. The molecule has 0 radical (unpaired) electrons. The van der Waals surface area contributed by atoms with Crippen LogP contribution in [0.25, 0.3) is 11.1 Å². The van der Waals surface area contributed by atoms with Crippen molar-refractivity contribution in [3.05, 3.63) is 94.3 Å². The molecule has 2 N–H and O–H groups in total. The number of nitrogens with two attached hydrogens (primary N) is 1. The standard InChI is InChI=1S/C31H31F5N2O/c32-16-2-17-38-18-15-24(19-38)39-23-11-7-21(8-12-23)29-25(20-5-9-22(10-6-20)31(34,35)36)3-1-4-27-26(29)13-14-28(37)30(27)33/h5-14,24H,1-4,15-19,37H2/t24-/m0/s1. The second-order valence-corrected chi connectivity index (χ2v) is 10.2. The molecule has 1 heterocycles. The molecule has 8 heteroatoms. The largest absolute Gasteiger partial charge is 0.489 e. The molecule has 5 rings (SSSR count). The number of nitrogen functional groups attached to an aromatic ring is 1. The van der Waals surface area contributed by atoms with E-state index in [2.05, 4.69) is 4.90 Å². The molecule has 0 amide bonds. The van der Waals surface area contributed by atoms with Gasteiger partial charge < -0.3 is 10.5 Å². The van der Waals surface area contributed by atoms with Crippen LogP contribution in [-0.4, -0.2) is 37.3 Å². The Bertz CT molecular complexity index is 1330. The van der Waals surface area contributed by atoms with Gasteiger partial charge >= 0.3 is 6.18 Å². The number of ether oxygens (including phenoxy) is 1. The van der Waals surface area contributed by atoms with E-state index < -0.39 is 17.6 Å². The van der Waals surface area contributed by atoms with Crippen LogP contribution in [0.2, 0.25) is 0 Å². The van der Waals surface area contributed by atoms with Gasteiger partial charge in [0.2, 0.25) is 0 Å². The quantitative estimate of drug-likeness (QED) is 0.248. The Labute approximate surface area is 225 Å². The first-order valence-corrected chi connectivity index (χ1v) is 13.3. The van der Waals surface area contributed by atoms with Crippen molar-refractivity contribution < 1.29 is 26.7 Å². The molecule has 0 spiro atoms. The van der Waals surface area contributed by atoms with Gasteiger partial charge in [-0.05, 0) is 95.8 Å². The fourth-order valence-corrected chi connectivity index (χ4v) is 5.60. The fourth-order valence-electron chi connectivity index (χ4n) is 5.60. The third-order valence-electron chi connectivity index (χ3n) is 7.54. The summed E-state index contributed by atoms with van der Waals surface area (Å²) < 4.78 is 73.5. The number of likely N-dealkylation sites (tertiary alicyclic amines) is 1. The van der Waals surface area contributed by atoms with Crippen molar-refractivity contribution in [2.75, 3.05) is 32.0 Å². The second kappa shape index (κ2) is 11.4. The number of nitrogens with zero attached hydrogens (tertiary/aromatic N) is 1. The molecule has 1 atom stereocenters. The normalized spacial score (nSPS) is 18.2. The Balaban J connectivity index is 1.50. The third kappa shape index (κ3) is 5.96. The fraction of sp³-hybridized carbons (Fsp3) is 0.355. The van der Waals surface area contributed by atoms with Gasteiger partial charge in [0.05, 0.1) is 17.9 Å². The van der Waals surface area contributed by atoms with Crippen LogP contribution in [0.15, 0.2) is 60.7 Å². The lowest BCUT2D eigenvalue weighted by atomic mass is 9.87. The van der Waals surface area contributed by atoms with Crippen LogP contribution in [-0.2, 0) is 12.6 Å². The summed E-state index contributed by atoms with van der Waals surface area (Å²) in [5.41, 5.74) is 9.60. The van der Waals surface area contributed by atoms with Gasteiger partial charge in [0.15, 0.2) is 0 Å². The van der Waals surface area contributed by atoms with Gasteiger partial charge in [0.25, 0.3) is 0 Å². The molecule has 3 aromatic carbocycles. The number of anilines is 1.